The highest BCUT2D eigenvalue weighted by atomic mass is 16.5. The predicted octanol–water partition coefficient (Wildman–Crippen LogP) is 2.68. The highest BCUT2D eigenvalue weighted by molar-refractivity contribution is 5.94. The lowest BCUT2D eigenvalue weighted by Gasteiger charge is -2.09. The fourth-order valence-electron chi connectivity index (χ4n) is 2.51. The first-order chi connectivity index (χ1) is 12.2. The summed E-state index contributed by atoms with van der Waals surface area (Å²) in [5, 5.41) is 3.45. The van der Waals surface area contributed by atoms with E-state index >= 15 is 0 Å². The smallest absolute Gasteiger partial charge is 0.251 e. The molecule has 2 aromatic carbocycles. The second-order valence-electron chi connectivity index (χ2n) is 5.41. The molecule has 0 aliphatic heterocycles. The zero-order valence-corrected chi connectivity index (χ0v) is 14.2. The summed E-state index contributed by atoms with van der Waals surface area (Å²) in [6.45, 7) is 0.916. The van der Waals surface area contributed by atoms with Crippen molar-refractivity contribution < 1.29 is 14.3 Å². The molecule has 0 radical (unpaired) electrons. The Bertz CT molecular complexity index is 879. The third-order valence-electron chi connectivity index (χ3n) is 3.83. The molecule has 3 rings (SSSR count). The SMILES string of the molecule is CNC(=O)c1ccc(-c2ccc3ncnc(OCCOC)c3c2)cc1. The number of aromatic nitrogens is 2. The number of nitrogens with one attached hydrogen (secondary N) is 1. The summed E-state index contributed by atoms with van der Waals surface area (Å²) in [5.41, 5.74) is 3.44. The van der Waals surface area contributed by atoms with Crippen LogP contribution in [0.1, 0.15) is 10.4 Å². The van der Waals surface area contributed by atoms with E-state index in [1.54, 1.807) is 26.3 Å². The molecule has 6 heteroatoms. The van der Waals surface area contributed by atoms with Crippen molar-refractivity contribution in [3.8, 4) is 17.0 Å². The van der Waals surface area contributed by atoms with Crippen LogP contribution in [0.15, 0.2) is 48.8 Å². The molecular formula is C19H19N3O3. The number of benzene rings is 2. The maximum Gasteiger partial charge on any atom is 0.251 e. The molecule has 6 nitrogen and oxygen atoms in total. The number of methoxy groups -OCH3 is 1. The monoisotopic (exact) mass is 337 g/mol. The highest BCUT2D eigenvalue weighted by Crippen LogP contribution is 2.28. The summed E-state index contributed by atoms with van der Waals surface area (Å²) < 4.78 is 10.7. The summed E-state index contributed by atoms with van der Waals surface area (Å²) >= 11 is 0. The molecular weight excluding hydrogens is 318 g/mol. The van der Waals surface area contributed by atoms with E-state index in [2.05, 4.69) is 15.3 Å². The normalized spacial score (nSPS) is 10.6. The lowest BCUT2D eigenvalue weighted by Crippen LogP contribution is -2.17. The average molecular weight is 337 g/mol. The summed E-state index contributed by atoms with van der Waals surface area (Å²) in [5.74, 6) is 0.429. The van der Waals surface area contributed by atoms with E-state index in [1.165, 1.54) is 6.33 Å². The molecule has 0 fully saturated rings. The van der Waals surface area contributed by atoms with E-state index in [9.17, 15) is 4.79 Å². The number of hydrogen-bond donors (Lipinski definition) is 1. The quantitative estimate of drug-likeness (QED) is 0.700. The fraction of sp³-hybridized carbons (Fsp3) is 0.211. The third-order valence-corrected chi connectivity index (χ3v) is 3.83. The number of amides is 1. The molecule has 1 heterocycles. The molecule has 0 bridgehead atoms. The van der Waals surface area contributed by atoms with Gasteiger partial charge in [0, 0.05) is 19.7 Å². The van der Waals surface area contributed by atoms with Gasteiger partial charge < -0.3 is 14.8 Å². The van der Waals surface area contributed by atoms with Gasteiger partial charge in [-0.25, -0.2) is 9.97 Å². The summed E-state index contributed by atoms with van der Waals surface area (Å²) in [6.07, 6.45) is 1.49. The molecule has 25 heavy (non-hydrogen) atoms. The minimum absolute atomic E-state index is 0.104. The van der Waals surface area contributed by atoms with Gasteiger partial charge in [-0.3, -0.25) is 4.79 Å². The molecule has 0 unspecified atom stereocenters. The third kappa shape index (κ3) is 3.75. The van der Waals surface area contributed by atoms with E-state index in [4.69, 9.17) is 9.47 Å². The van der Waals surface area contributed by atoms with E-state index in [0.29, 0.717) is 24.7 Å². The number of hydrogen-bond acceptors (Lipinski definition) is 5. The number of nitrogens with zero attached hydrogens (tertiary/aromatic N) is 2. The summed E-state index contributed by atoms with van der Waals surface area (Å²) in [6, 6.07) is 13.4. The van der Waals surface area contributed by atoms with Crippen molar-refractivity contribution in [3.05, 3.63) is 54.4 Å². The van der Waals surface area contributed by atoms with Gasteiger partial charge in [-0.2, -0.15) is 0 Å². The van der Waals surface area contributed by atoms with E-state index in [1.807, 2.05) is 30.3 Å². The molecule has 0 saturated carbocycles. The lowest BCUT2D eigenvalue weighted by atomic mass is 10.0. The molecule has 0 atom stereocenters. The first-order valence-electron chi connectivity index (χ1n) is 7.92. The van der Waals surface area contributed by atoms with Crippen molar-refractivity contribution in [2.45, 2.75) is 0 Å². The topological polar surface area (TPSA) is 73.3 Å². The van der Waals surface area contributed by atoms with Gasteiger partial charge in [0.2, 0.25) is 5.88 Å². The Morgan fingerprint density at radius 2 is 1.80 bits per heavy atom. The van der Waals surface area contributed by atoms with Crippen LogP contribution in [0, 0.1) is 0 Å². The van der Waals surface area contributed by atoms with E-state index in [0.717, 1.165) is 22.0 Å². The minimum atomic E-state index is -0.104. The second-order valence-corrected chi connectivity index (χ2v) is 5.41. The van der Waals surface area contributed by atoms with Gasteiger partial charge in [0.05, 0.1) is 17.5 Å². The largest absolute Gasteiger partial charge is 0.475 e. The summed E-state index contributed by atoms with van der Waals surface area (Å²) in [7, 11) is 3.24. The minimum Gasteiger partial charge on any atom is -0.475 e. The Balaban J connectivity index is 1.94. The van der Waals surface area contributed by atoms with Crippen LogP contribution in [-0.4, -0.2) is 43.2 Å². The highest BCUT2D eigenvalue weighted by Gasteiger charge is 2.08. The van der Waals surface area contributed by atoms with Crippen molar-refractivity contribution in [1.82, 2.24) is 15.3 Å². The Kier molecular flexibility index (Phi) is 5.20. The molecule has 1 N–H and O–H groups in total. The zero-order valence-electron chi connectivity index (χ0n) is 14.2. The molecule has 0 spiro atoms. The number of fused-ring (bicyclic) bond motifs is 1. The van der Waals surface area contributed by atoms with Crippen LogP contribution in [0.4, 0.5) is 0 Å². The van der Waals surface area contributed by atoms with Gasteiger partial charge in [0.25, 0.3) is 5.91 Å². The van der Waals surface area contributed by atoms with Crippen LogP contribution in [0.2, 0.25) is 0 Å². The maximum atomic E-state index is 11.7. The van der Waals surface area contributed by atoms with E-state index in [-0.39, 0.29) is 5.91 Å². The zero-order chi connectivity index (χ0) is 17.6. The van der Waals surface area contributed by atoms with Crippen LogP contribution in [-0.2, 0) is 4.74 Å². The van der Waals surface area contributed by atoms with Crippen molar-refractivity contribution in [2.75, 3.05) is 27.4 Å². The molecule has 3 aromatic rings. The fourth-order valence-corrected chi connectivity index (χ4v) is 2.51. The van der Waals surface area contributed by atoms with E-state index < -0.39 is 0 Å². The van der Waals surface area contributed by atoms with Gasteiger partial charge in [-0.05, 0) is 35.4 Å². The van der Waals surface area contributed by atoms with Gasteiger partial charge in [0.15, 0.2) is 0 Å². The first kappa shape index (κ1) is 16.9. The molecule has 0 aliphatic rings. The molecule has 1 amide bonds. The van der Waals surface area contributed by atoms with Gasteiger partial charge in [-0.15, -0.1) is 0 Å². The van der Waals surface area contributed by atoms with Crippen LogP contribution in [0.3, 0.4) is 0 Å². The molecule has 1 aromatic heterocycles. The number of ether oxygens (including phenoxy) is 2. The van der Waals surface area contributed by atoms with Gasteiger partial charge >= 0.3 is 0 Å². The van der Waals surface area contributed by atoms with Crippen LogP contribution >= 0.6 is 0 Å². The second kappa shape index (κ2) is 7.72. The molecule has 128 valence electrons. The Morgan fingerprint density at radius 1 is 1.04 bits per heavy atom. The maximum absolute atomic E-state index is 11.7. The number of carbonyl (C=O) groups excluding carboxylic acids is 1. The Hall–Kier alpha value is -2.99. The number of carbonyl (C=O) groups is 1. The van der Waals surface area contributed by atoms with Gasteiger partial charge in [0.1, 0.15) is 12.9 Å². The number of rotatable bonds is 6. The van der Waals surface area contributed by atoms with Gasteiger partial charge in [-0.1, -0.05) is 18.2 Å². The van der Waals surface area contributed by atoms with Crippen molar-refractivity contribution in [1.29, 1.82) is 0 Å². The Morgan fingerprint density at radius 3 is 2.52 bits per heavy atom. The standard InChI is InChI=1S/C19H19N3O3/c1-20-18(23)14-5-3-13(4-6-14)15-7-8-17-16(11-15)19(22-12-21-17)25-10-9-24-2/h3-8,11-12H,9-10H2,1-2H3,(H,20,23). The first-order valence-corrected chi connectivity index (χ1v) is 7.92. The predicted molar refractivity (Wildman–Crippen MR) is 95.7 cm³/mol. The van der Waals surface area contributed by atoms with Crippen LogP contribution in [0.25, 0.3) is 22.0 Å². The van der Waals surface area contributed by atoms with Crippen LogP contribution < -0.4 is 10.1 Å². The van der Waals surface area contributed by atoms with Crippen molar-refractivity contribution in [3.63, 3.8) is 0 Å². The summed E-state index contributed by atoms with van der Waals surface area (Å²) in [4.78, 5) is 20.1. The Labute approximate surface area is 145 Å². The molecule has 0 saturated heterocycles. The van der Waals surface area contributed by atoms with Crippen LogP contribution in [0.5, 0.6) is 5.88 Å². The lowest BCUT2D eigenvalue weighted by molar-refractivity contribution is 0.0963. The average Bonchev–Trinajstić information content (AvgIpc) is 2.67. The van der Waals surface area contributed by atoms with Crippen molar-refractivity contribution >= 4 is 16.8 Å². The van der Waals surface area contributed by atoms with Crippen molar-refractivity contribution in [2.24, 2.45) is 0 Å². The molecule has 0 aliphatic carbocycles.